The molecule has 0 unspecified atom stereocenters. The molecule has 0 fully saturated rings. The molecule has 0 amide bonds. The summed E-state index contributed by atoms with van der Waals surface area (Å²) >= 11 is 0. The third-order valence-electron chi connectivity index (χ3n) is 6.67. The number of hydrogen-bond donors (Lipinski definition) is 0. The zero-order valence-corrected chi connectivity index (χ0v) is 24.3. The highest BCUT2D eigenvalue weighted by atomic mass is 16.2. The monoisotopic (exact) mass is 488 g/mol. The second kappa shape index (κ2) is 8.90. The molecule has 0 N–H and O–H groups in total. The number of aromatic nitrogens is 2. The zero-order chi connectivity index (χ0) is 27.4. The van der Waals surface area contributed by atoms with E-state index in [0.717, 1.165) is 11.1 Å². The molecular weight excluding hydrogens is 444 g/mol. The van der Waals surface area contributed by atoms with Crippen LogP contribution in [0, 0.1) is 0 Å². The lowest BCUT2D eigenvalue weighted by Gasteiger charge is -2.32. The highest BCUT2D eigenvalue weighted by molar-refractivity contribution is 5.81. The molecule has 1 aromatic heterocycles. The Morgan fingerprint density at radius 3 is 1.19 bits per heavy atom. The summed E-state index contributed by atoms with van der Waals surface area (Å²) in [6.07, 6.45) is 0. The molecule has 0 aliphatic rings. The normalized spacial score (nSPS) is 13.2. The van der Waals surface area contributed by atoms with Crippen molar-refractivity contribution in [1.82, 2.24) is 9.13 Å². The van der Waals surface area contributed by atoms with Gasteiger partial charge in [-0.15, -0.1) is 0 Å². The molecule has 0 aliphatic carbocycles. The summed E-state index contributed by atoms with van der Waals surface area (Å²) in [7, 11) is 0. The van der Waals surface area contributed by atoms with Crippen LogP contribution < -0.4 is 11.2 Å². The third kappa shape index (κ3) is 5.28. The lowest BCUT2D eigenvalue weighted by Crippen LogP contribution is -2.52. The predicted molar refractivity (Wildman–Crippen MR) is 153 cm³/mol. The van der Waals surface area contributed by atoms with E-state index in [1.54, 1.807) is 4.57 Å². The van der Waals surface area contributed by atoms with Gasteiger partial charge in [0.1, 0.15) is 0 Å². The Kier molecular flexibility index (Phi) is 6.85. The maximum atomic E-state index is 14.2. The van der Waals surface area contributed by atoms with Gasteiger partial charge in [0.05, 0.1) is 11.3 Å². The van der Waals surface area contributed by atoms with Gasteiger partial charge < -0.3 is 0 Å². The maximum Gasteiger partial charge on any atom is 0.332 e. The summed E-state index contributed by atoms with van der Waals surface area (Å²) in [6, 6.07) is 16.5. The molecule has 2 aromatic carbocycles. The Morgan fingerprint density at radius 2 is 0.861 bits per heavy atom. The first-order valence-corrected chi connectivity index (χ1v) is 12.9. The SMILES string of the molecule is CC(C)(C)c1ccc(-c2c(-c3ccc(C(C)(C)C)cc3)n(C(C)(C)C)c(=O)n(C(C)(C)C)c2=O)cc1. The van der Waals surface area contributed by atoms with Crippen molar-refractivity contribution in [2.45, 2.75) is 105 Å². The van der Waals surface area contributed by atoms with Gasteiger partial charge in [-0.3, -0.25) is 13.9 Å². The highest BCUT2D eigenvalue weighted by Crippen LogP contribution is 2.35. The smallest absolute Gasteiger partial charge is 0.287 e. The van der Waals surface area contributed by atoms with E-state index in [9.17, 15) is 9.59 Å². The molecule has 3 aromatic rings. The zero-order valence-electron chi connectivity index (χ0n) is 24.3. The Morgan fingerprint density at radius 1 is 0.500 bits per heavy atom. The van der Waals surface area contributed by atoms with E-state index in [2.05, 4.69) is 65.8 Å². The van der Waals surface area contributed by atoms with E-state index in [1.807, 2.05) is 65.8 Å². The average Bonchev–Trinajstić information content (AvgIpc) is 2.70. The van der Waals surface area contributed by atoms with Crippen LogP contribution in [0.2, 0.25) is 0 Å². The summed E-state index contributed by atoms with van der Waals surface area (Å²) in [5, 5.41) is 0. The average molecular weight is 489 g/mol. The molecule has 4 nitrogen and oxygen atoms in total. The Hall–Kier alpha value is -2.88. The van der Waals surface area contributed by atoms with E-state index in [1.165, 1.54) is 15.7 Å². The van der Waals surface area contributed by atoms with Gasteiger partial charge >= 0.3 is 5.69 Å². The highest BCUT2D eigenvalue weighted by Gasteiger charge is 2.31. The number of rotatable bonds is 2. The number of hydrogen-bond acceptors (Lipinski definition) is 2. The third-order valence-corrected chi connectivity index (χ3v) is 6.67. The van der Waals surface area contributed by atoms with Crippen LogP contribution in [0.5, 0.6) is 0 Å². The van der Waals surface area contributed by atoms with Crippen LogP contribution in [0.1, 0.15) is 94.2 Å². The van der Waals surface area contributed by atoms with Gasteiger partial charge in [-0.05, 0) is 74.6 Å². The Balaban J connectivity index is 2.53. The number of nitrogens with zero attached hydrogens (tertiary/aromatic N) is 2. The van der Waals surface area contributed by atoms with Gasteiger partial charge in [0, 0.05) is 11.1 Å². The van der Waals surface area contributed by atoms with Crippen molar-refractivity contribution in [2.24, 2.45) is 0 Å². The summed E-state index contributed by atoms with van der Waals surface area (Å²) in [6.45, 7) is 24.9. The van der Waals surface area contributed by atoms with Crippen molar-refractivity contribution in [3.8, 4) is 22.4 Å². The minimum absolute atomic E-state index is 0.0000422. The first-order valence-electron chi connectivity index (χ1n) is 12.9. The molecule has 194 valence electrons. The largest absolute Gasteiger partial charge is 0.332 e. The first-order chi connectivity index (χ1) is 16.2. The van der Waals surface area contributed by atoms with E-state index in [4.69, 9.17) is 0 Å². The molecule has 3 rings (SSSR count). The molecule has 0 spiro atoms. The fourth-order valence-electron chi connectivity index (χ4n) is 4.62. The summed E-state index contributed by atoms with van der Waals surface area (Å²) in [5.74, 6) is 0. The van der Waals surface area contributed by atoms with Crippen LogP contribution in [0.15, 0.2) is 58.1 Å². The molecule has 0 bridgehead atoms. The van der Waals surface area contributed by atoms with Gasteiger partial charge in [-0.2, -0.15) is 0 Å². The van der Waals surface area contributed by atoms with Crippen LogP contribution in [0.25, 0.3) is 22.4 Å². The minimum Gasteiger partial charge on any atom is -0.287 e. The van der Waals surface area contributed by atoms with Crippen molar-refractivity contribution in [1.29, 1.82) is 0 Å². The topological polar surface area (TPSA) is 44.0 Å². The second-order valence-corrected chi connectivity index (χ2v) is 14.0. The van der Waals surface area contributed by atoms with Gasteiger partial charge in [-0.25, -0.2) is 4.79 Å². The van der Waals surface area contributed by atoms with Crippen molar-refractivity contribution < 1.29 is 0 Å². The van der Waals surface area contributed by atoms with Gasteiger partial charge in [0.25, 0.3) is 5.56 Å². The van der Waals surface area contributed by atoms with E-state index < -0.39 is 11.1 Å². The predicted octanol–water partition coefficient (Wildman–Crippen LogP) is 7.45. The fraction of sp³-hybridized carbons (Fsp3) is 0.500. The Bertz CT molecular complexity index is 1360. The van der Waals surface area contributed by atoms with Gasteiger partial charge in [0.15, 0.2) is 0 Å². The lowest BCUT2D eigenvalue weighted by atomic mass is 9.85. The molecule has 0 saturated heterocycles. The second-order valence-electron chi connectivity index (χ2n) is 14.0. The lowest BCUT2D eigenvalue weighted by molar-refractivity contribution is 0.315. The summed E-state index contributed by atoms with van der Waals surface area (Å²) in [5.41, 5.74) is 3.55. The maximum absolute atomic E-state index is 14.2. The first kappa shape index (κ1) is 27.7. The van der Waals surface area contributed by atoms with Crippen LogP contribution in [0.3, 0.4) is 0 Å². The molecule has 1 heterocycles. The molecule has 0 radical (unpaired) electrons. The van der Waals surface area contributed by atoms with E-state index >= 15 is 0 Å². The van der Waals surface area contributed by atoms with Gasteiger partial charge in [0.2, 0.25) is 0 Å². The van der Waals surface area contributed by atoms with Crippen molar-refractivity contribution in [2.75, 3.05) is 0 Å². The van der Waals surface area contributed by atoms with Crippen molar-refractivity contribution in [3.05, 3.63) is 80.5 Å². The summed E-state index contributed by atoms with van der Waals surface area (Å²) in [4.78, 5) is 28.2. The van der Waals surface area contributed by atoms with Gasteiger partial charge in [-0.1, -0.05) is 90.1 Å². The molecular formula is C32H44N2O2. The van der Waals surface area contributed by atoms with Crippen molar-refractivity contribution >= 4 is 0 Å². The van der Waals surface area contributed by atoms with E-state index in [-0.39, 0.29) is 22.1 Å². The van der Waals surface area contributed by atoms with Crippen LogP contribution in [0.4, 0.5) is 0 Å². The standard InChI is InChI=1S/C32H44N2O2/c1-29(2,3)23-17-13-21(14-18-23)25-26(22-15-19-24(20-16-22)30(4,5)6)33(31(7,8)9)28(36)34(27(25)35)32(10,11)12/h13-20H,1-12H3. The quantitative estimate of drug-likeness (QED) is 0.376. The van der Waals surface area contributed by atoms with Crippen LogP contribution in [-0.2, 0) is 21.9 Å². The molecule has 0 aliphatic heterocycles. The number of benzene rings is 2. The Labute approximate surface area is 217 Å². The molecule has 4 heteroatoms. The molecule has 0 saturated carbocycles. The minimum atomic E-state index is -0.671. The molecule has 0 atom stereocenters. The molecule has 36 heavy (non-hydrogen) atoms. The fourth-order valence-corrected chi connectivity index (χ4v) is 4.62. The summed E-state index contributed by atoms with van der Waals surface area (Å²) < 4.78 is 3.22. The van der Waals surface area contributed by atoms with Crippen LogP contribution >= 0.6 is 0 Å². The van der Waals surface area contributed by atoms with E-state index in [0.29, 0.717) is 11.3 Å². The van der Waals surface area contributed by atoms with Crippen LogP contribution in [-0.4, -0.2) is 9.13 Å². The van der Waals surface area contributed by atoms with Crippen molar-refractivity contribution in [3.63, 3.8) is 0 Å².